The first-order chi connectivity index (χ1) is 10.4. The number of likely N-dealkylation sites (N-methyl/N-ethyl adjacent to an activating group) is 1. The maximum atomic E-state index is 12.7. The van der Waals surface area contributed by atoms with Crippen molar-refractivity contribution in [1.29, 1.82) is 0 Å². The summed E-state index contributed by atoms with van der Waals surface area (Å²) in [5.74, 6) is -0.686. The molecule has 0 aromatic carbocycles. The van der Waals surface area contributed by atoms with Gasteiger partial charge in [-0.05, 0) is 19.3 Å². The highest BCUT2D eigenvalue weighted by Crippen LogP contribution is 2.23. The molecule has 7 nitrogen and oxygen atoms in total. The molecule has 2 atom stereocenters. The van der Waals surface area contributed by atoms with Crippen molar-refractivity contribution in [3.8, 4) is 0 Å². The van der Waals surface area contributed by atoms with E-state index in [-0.39, 0.29) is 18.4 Å². The Morgan fingerprint density at radius 3 is 2.64 bits per heavy atom. The van der Waals surface area contributed by atoms with Crippen LogP contribution in [-0.4, -0.2) is 71.5 Å². The van der Waals surface area contributed by atoms with Gasteiger partial charge in [-0.2, -0.15) is 0 Å². The van der Waals surface area contributed by atoms with Crippen LogP contribution in [0.1, 0.15) is 39.0 Å². The van der Waals surface area contributed by atoms with Crippen molar-refractivity contribution in [2.75, 3.05) is 27.2 Å². The fourth-order valence-electron chi connectivity index (χ4n) is 2.83. The summed E-state index contributed by atoms with van der Waals surface area (Å²) in [7, 11) is 3.36. The third kappa shape index (κ3) is 4.69. The minimum absolute atomic E-state index is 0.0261. The second kappa shape index (κ2) is 8.73. The Bertz CT molecular complexity index is 400. The summed E-state index contributed by atoms with van der Waals surface area (Å²) in [6.07, 6.45) is 4.13. The highest BCUT2D eigenvalue weighted by molar-refractivity contribution is 5.89. The van der Waals surface area contributed by atoms with Crippen molar-refractivity contribution in [3.05, 3.63) is 0 Å². The zero-order chi connectivity index (χ0) is 16.7. The van der Waals surface area contributed by atoms with Crippen LogP contribution in [0, 0.1) is 5.92 Å². The molecule has 1 N–H and O–H groups in total. The number of carbonyl (C=O) groups excluding carboxylic acids is 3. The standard InChI is InChI=1S/C15H27N3O4/c1-4-5-7-12(10-17(22)11-19)14(20)18-9-6-8-13(18)15(21)16(2)3/h11-13,22H,4-10H2,1-3H3/t12-,13?/m1/s1. The van der Waals surface area contributed by atoms with Crippen molar-refractivity contribution < 1.29 is 19.6 Å². The third-order valence-corrected chi connectivity index (χ3v) is 4.05. The van der Waals surface area contributed by atoms with Crippen molar-refractivity contribution in [2.45, 2.75) is 45.1 Å². The molecule has 1 heterocycles. The lowest BCUT2D eigenvalue weighted by Gasteiger charge is -2.30. The van der Waals surface area contributed by atoms with Crippen molar-refractivity contribution in [1.82, 2.24) is 14.9 Å². The normalized spacial score (nSPS) is 18.9. The summed E-state index contributed by atoms with van der Waals surface area (Å²) < 4.78 is 0. The lowest BCUT2D eigenvalue weighted by atomic mass is 9.99. The molecule has 1 rings (SSSR count). The molecule has 126 valence electrons. The molecule has 1 saturated heterocycles. The summed E-state index contributed by atoms with van der Waals surface area (Å²) in [4.78, 5) is 38.7. The van der Waals surface area contributed by atoms with Gasteiger partial charge in [-0.3, -0.25) is 19.6 Å². The maximum absolute atomic E-state index is 12.7. The number of nitrogens with zero attached hydrogens (tertiary/aromatic N) is 3. The first-order valence-corrected chi connectivity index (χ1v) is 7.84. The molecule has 22 heavy (non-hydrogen) atoms. The van der Waals surface area contributed by atoms with E-state index in [9.17, 15) is 19.6 Å². The Morgan fingerprint density at radius 2 is 2.09 bits per heavy atom. The van der Waals surface area contributed by atoms with Crippen LogP contribution < -0.4 is 0 Å². The van der Waals surface area contributed by atoms with Crippen LogP contribution in [0.3, 0.4) is 0 Å². The monoisotopic (exact) mass is 313 g/mol. The summed E-state index contributed by atoms with van der Waals surface area (Å²) >= 11 is 0. The third-order valence-electron chi connectivity index (χ3n) is 4.05. The molecule has 0 spiro atoms. The highest BCUT2D eigenvalue weighted by atomic mass is 16.5. The van der Waals surface area contributed by atoms with Gasteiger partial charge in [0, 0.05) is 20.6 Å². The SMILES string of the molecule is CCCC[C@H](CN(O)C=O)C(=O)N1CCCC1C(=O)N(C)C. The Hall–Kier alpha value is -1.63. The number of rotatable bonds is 8. The number of likely N-dealkylation sites (tertiary alicyclic amines) is 1. The largest absolute Gasteiger partial charge is 0.347 e. The van der Waals surface area contributed by atoms with Gasteiger partial charge >= 0.3 is 0 Å². The van der Waals surface area contributed by atoms with Crippen molar-refractivity contribution >= 4 is 18.2 Å². The Labute approximate surface area is 131 Å². The van der Waals surface area contributed by atoms with E-state index in [1.54, 1.807) is 19.0 Å². The van der Waals surface area contributed by atoms with Crippen molar-refractivity contribution in [2.24, 2.45) is 5.92 Å². The molecule has 1 aliphatic rings. The second-order valence-corrected chi connectivity index (χ2v) is 5.99. The van der Waals surface area contributed by atoms with E-state index < -0.39 is 12.0 Å². The summed E-state index contributed by atoms with van der Waals surface area (Å²) in [5, 5.41) is 9.91. The number of hydrogen-bond donors (Lipinski definition) is 1. The van der Waals surface area contributed by atoms with E-state index in [0.717, 1.165) is 19.3 Å². The van der Waals surface area contributed by atoms with Gasteiger partial charge in [0.15, 0.2) is 0 Å². The van der Waals surface area contributed by atoms with Gasteiger partial charge in [0.25, 0.3) is 0 Å². The zero-order valence-corrected chi connectivity index (χ0v) is 13.7. The Morgan fingerprint density at radius 1 is 1.41 bits per heavy atom. The number of amides is 3. The van der Waals surface area contributed by atoms with Crippen LogP contribution in [0.4, 0.5) is 0 Å². The molecule has 7 heteroatoms. The molecule has 1 unspecified atom stereocenters. The molecular weight excluding hydrogens is 286 g/mol. The van der Waals surface area contributed by atoms with E-state index in [1.165, 1.54) is 4.90 Å². The molecule has 3 amide bonds. The van der Waals surface area contributed by atoms with Crippen LogP contribution in [0.15, 0.2) is 0 Å². The maximum Gasteiger partial charge on any atom is 0.244 e. The lowest BCUT2D eigenvalue weighted by Crippen LogP contribution is -2.49. The average molecular weight is 313 g/mol. The molecule has 0 aromatic heterocycles. The lowest BCUT2D eigenvalue weighted by molar-refractivity contribution is -0.158. The summed E-state index contributed by atoms with van der Waals surface area (Å²) in [6, 6.07) is -0.421. The predicted octanol–water partition coefficient (Wildman–Crippen LogP) is 0.720. The molecular formula is C15H27N3O4. The van der Waals surface area contributed by atoms with E-state index in [4.69, 9.17) is 0 Å². The number of hydrogen-bond acceptors (Lipinski definition) is 4. The van der Waals surface area contributed by atoms with Crippen LogP contribution in [0.5, 0.6) is 0 Å². The van der Waals surface area contributed by atoms with E-state index in [1.807, 2.05) is 6.92 Å². The number of carbonyl (C=O) groups is 3. The minimum atomic E-state index is -0.467. The molecule has 0 bridgehead atoms. The Kier molecular flexibility index (Phi) is 7.31. The van der Waals surface area contributed by atoms with Crippen molar-refractivity contribution in [3.63, 3.8) is 0 Å². The molecule has 1 fully saturated rings. The van der Waals surface area contributed by atoms with Gasteiger partial charge in [-0.15, -0.1) is 0 Å². The summed E-state index contributed by atoms with van der Waals surface area (Å²) in [6.45, 7) is 2.55. The average Bonchev–Trinajstić information content (AvgIpc) is 2.98. The molecule has 0 aromatic rings. The molecule has 0 saturated carbocycles. The first kappa shape index (κ1) is 18.4. The second-order valence-electron chi connectivity index (χ2n) is 5.99. The first-order valence-electron chi connectivity index (χ1n) is 7.84. The number of hydroxylamine groups is 2. The van der Waals surface area contributed by atoms with Crippen LogP contribution >= 0.6 is 0 Å². The molecule has 1 aliphatic heterocycles. The summed E-state index contributed by atoms with van der Waals surface area (Å²) in [5.41, 5.74) is 0. The van der Waals surface area contributed by atoms with Gasteiger partial charge in [-0.25, -0.2) is 5.06 Å². The quantitative estimate of drug-likeness (QED) is 0.407. The van der Waals surface area contributed by atoms with Gasteiger partial charge in [0.1, 0.15) is 6.04 Å². The van der Waals surface area contributed by atoms with E-state index in [2.05, 4.69) is 0 Å². The van der Waals surface area contributed by atoms with Crippen LogP contribution in [-0.2, 0) is 14.4 Å². The highest BCUT2D eigenvalue weighted by Gasteiger charge is 2.37. The fourth-order valence-corrected chi connectivity index (χ4v) is 2.83. The molecule has 0 aliphatic carbocycles. The predicted molar refractivity (Wildman–Crippen MR) is 81.0 cm³/mol. The van der Waals surface area contributed by atoms with E-state index in [0.29, 0.717) is 30.9 Å². The topological polar surface area (TPSA) is 81.2 Å². The van der Waals surface area contributed by atoms with Gasteiger partial charge in [0.05, 0.1) is 12.5 Å². The van der Waals surface area contributed by atoms with Gasteiger partial charge in [-0.1, -0.05) is 19.8 Å². The minimum Gasteiger partial charge on any atom is -0.347 e. The smallest absolute Gasteiger partial charge is 0.244 e. The van der Waals surface area contributed by atoms with E-state index >= 15 is 0 Å². The van der Waals surface area contributed by atoms with Crippen LogP contribution in [0.25, 0.3) is 0 Å². The fraction of sp³-hybridized carbons (Fsp3) is 0.800. The zero-order valence-electron chi connectivity index (χ0n) is 13.7. The number of unbranched alkanes of at least 4 members (excludes halogenated alkanes) is 1. The Balaban J connectivity index is 2.81. The van der Waals surface area contributed by atoms with Crippen LogP contribution in [0.2, 0.25) is 0 Å². The van der Waals surface area contributed by atoms with Gasteiger partial charge < -0.3 is 9.80 Å². The molecule has 0 radical (unpaired) electrons. The van der Waals surface area contributed by atoms with Gasteiger partial charge in [0.2, 0.25) is 18.2 Å².